The highest BCUT2D eigenvalue weighted by atomic mass is 16.5. The van der Waals surface area contributed by atoms with Gasteiger partial charge in [0.2, 0.25) is 0 Å². The van der Waals surface area contributed by atoms with E-state index in [4.69, 9.17) is 9.15 Å². The molecule has 0 radical (unpaired) electrons. The predicted octanol–water partition coefficient (Wildman–Crippen LogP) is 1.17. The second kappa shape index (κ2) is 6.41. The van der Waals surface area contributed by atoms with Crippen LogP contribution >= 0.6 is 0 Å². The topological polar surface area (TPSA) is 72.5 Å². The van der Waals surface area contributed by atoms with Gasteiger partial charge in [0.05, 0.1) is 36.7 Å². The fourth-order valence-corrected chi connectivity index (χ4v) is 3.76. The first-order valence-electron chi connectivity index (χ1n) is 8.38. The van der Waals surface area contributed by atoms with Crippen LogP contribution in [0.4, 0.5) is 0 Å². The van der Waals surface area contributed by atoms with Gasteiger partial charge in [-0.2, -0.15) is 5.10 Å². The molecule has 0 aliphatic carbocycles. The first kappa shape index (κ1) is 15.4. The third kappa shape index (κ3) is 2.97. The number of carbonyl (C=O) groups excluding carboxylic acids is 1. The van der Waals surface area contributed by atoms with E-state index in [1.807, 2.05) is 12.1 Å². The predicted molar refractivity (Wildman–Crippen MR) is 86.3 cm³/mol. The number of aromatic nitrogens is 2. The average Bonchev–Trinajstić information content (AvgIpc) is 3.30. The summed E-state index contributed by atoms with van der Waals surface area (Å²) in [7, 11) is 1.80. The van der Waals surface area contributed by atoms with Gasteiger partial charge in [0, 0.05) is 32.4 Å². The second-order valence-electron chi connectivity index (χ2n) is 6.54. The Bertz CT molecular complexity index is 697. The summed E-state index contributed by atoms with van der Waals surface area (Å²) >= 11 is 0. The molecule has 4 rings (SSSR count). The number of hydrogen-bond donors (Lipinski definition) is 1. The van der Waals surface area contributed by atoms with E-state index in [1.165, 1.54) is 0 Å². The molecule has 0 saturated carbocycles. The van der Waals surface area contributed by atoms with Crippen LogP contribution in [-0.2, 0) is 18.3 Å². The van der Waals surface area contributed by atoms with Crippen LogP contribution in [0.3, 0.4) is 0 Å². The van der Waals surface area contributed by atoms with Gasteiger partial charge in [-0.05, 0) is 25.0 Å². The molecule has 2 fully saturated rings. The quantitative estimate of drug-likeness (QED) is 0.911. The molecule has 7 nitrogen and oxygen atoms in total. The van der Waals surface area contributed by atoms with Crippen LogP contribution in [0.25, 0.3) is 0 Å². The number of likely N-dealkylation sites (tertiary alicyclic amines) is 1. The molecule has 7 heteroatoms. The summed E-state index contributed by atoms with van der Waals surface area (Å²) in [5.74, 6) is 0.847. The van der Waals surface area contributed by atoms with Crippen molar-refractivity contribution in [2.45, 2.75) is 37.6 Å². The summed E-state index contributed by atoms with van der Waals surface area (Å²) in [6, 6.07) is 4.20. The van der Waals surface area contributed by atoms with E-state index < -0.39 is 0 Å². The Hall–Kier alpha value is -2.12. The minimum absolute atomic E-state index is 0.0158. The summed E-state index contributed by atoms with van der Waals surface area (Å²) in [5, 5.41) is 7.19. The van der Waals surface area contributed by atoms with Gasteiger partial charge < -0.3 is 14.5 Å². The number of fused-ring (bicyclic) bond motifs is 1. The molecule has 0 unspecified atom stereocenters. The highest BCUT2D eigenvalue weighted by molar-refractivity contribution is 5.93. The number of rotatable bonds is 4. The van der Waals surface area contributed by atoms with Gasteiger partial charge in [-0.3, -0.25) is 14.4 Å². The van der Waals surface area contributed by atoms with Crippen LogP contribution in [0.1, 0.15) is 29.0 Å². The monoisotopic (exact) mass is 330 g/mol. The Morgan fingerprint density at radius 1 is 1.50 bits per heavy atom. The fourth-order valence-electron chi connectivity index (χ4n) is 3.76. The number of amides is 1. The zero-order chi connectivity index (χ0) is 16.5. The van der Waals surface area contributed by atoms with Gasteiger partial charge in [0.25, 0.3) is 5.91 Å². The van der Waals surface area contributed by atoms with E-state index in [2.05, 4.69) is 15.3 Å². The Balaban J connectivity index is 1.47. The van der Waals surface area contributed by atoms with Crippen LogP contribution in [0.15, 0.2) is 35.2 Å². The summed E-state index contributed by atoms with van der Waals surface area (Å²) in [4.78, 5) is 14.8. The minimum atomic E-state index is -0.0964. The lowest BCUT2D eigenvalue weighted by Gasteiger charge is -2.32. The lowest BCUT2D eigenvalue weighted by molar-refractivity contribution is -0.0219. The lowest BCUT2D eigenvalue weighted by Crippen LogP contribution is -2.47. The van der Waals surface area contributed by atoms with Gasteiger partial charge in [0.15, 0.2) is 0 Å². The molecule has 2 aromatic heterocycles. The molecular weight excluding hydrogens is 308 g/mol. The fraction of sp³-hybridized carbons (Fsp3) is 0.529. The molecule has 0 spiro atoms. The molecule has 4 heterocycles. The number of carbonyl (C=O) groups is 1. The summed E-state index contributed by atoms with van der Waals surface area (Å²) < 4.78 is 13.1. The molecular formula is C17H22N4O3. The highest BCUT2D eigenvalue weighted by Crippen LogP contribution is 2.30. The standard InChI is InChI=1S/C17H22N4O3/c1-20-9-12(8-18-20)17(22)19-14-11-21(10-13-4-2-6-23-13)15-5-3-7-24-16(14)15/h2,4,6,8-9,14-16H,3,5,7,10-11H2,1H3,(H,19,22)/t14-,15+,16+/m0/s1. The maximum Gasteiger partial charge on any atom is 0.254 e. The number of nitrogens with one attached hydrogen (secondary N) is 1. The van der Waals surface area contributed by atoms with E-state index >= 15 is 0 Å². The van der Waals surface area contributed by atoms with Crippen molar-refractivity contribution in [1.29, 1.82) is 0 Å². The van der Waals surface area contributed by atoms with Gasteiger partial charge in [0.1, 0.15) is 5.76 Å². The molecule has 24 heavy (non-hydrogen) atoms. The van der Waals surface area contributed by atoms with E-state index in [1.54, 1.807) is 30.4 Å². The minimum Gasteiger partial charge on any atom is -0.468 e. The molecule has 1 N–H and O–H groups in total. The average molecular weight is 330 g/mol. The number of hydrogen-bond acceptors (Lipinski definition) is 5. The van der Waals surface area contributed by atoms with Crippen molar-refractivity contribution in [3.8, 4) is 0 Å². The van der Waals surface area contributed by atoms with Gasteiger partial charge in [-0.1, -0.05) is 0 Å². The number of aryl methyl sites for hydroxylation is 1. The Kier molecular flexibility index (Phi) is 4.12. The largest absolute Gasteiger partial charge is 0.468 e. The van der Waals surface area contributed by atoms with Crippen molar-refractivity contribution in [2.24, 2.45) is 7.05 Å². The zero-order valence-corrected chi connectivity index (χ0v) is 13.7. The molecule has 3 atom stereocenters. The first-order chi connectivity index (χ1) is 11.7. The van der Waals surface area contributed by atoms with E-state index in [0.717, 1.165) is 38.3 Å². The maximum atomic E-state index is 12.5. The van der Waals surface area contributed by atoms with Gasteiger partial charge >= 0.3 is 0 Å². The Labute approximate surface area is 140 Å². The number of nitrogens with zero attached hydrogens (tertiary/aromatic N) is 3. The van der Waals surface area contributed by atoms with Crippen LogP contribution in [0.2, 0.25) is 0 Å². The molecule has 0 aromatic carbocycles. The Morgan fingerprint density at radius 2 is 2.42 bits per heavy atom. The van der Waals surface area contributed by atoms with Crippen LogP contribution < -0.4 is 5.32 Å². The maximum absolute atomic E-state index is 12.5. The van der Waals surface area contributed by atoms with Gasteiger partial charge in [-0.25, -0.2) is 0 Å². The summed E-state index contributed by atoms with van der Waals surface area (Å²) in [6.07, 6.45) is 7.19. The van der Waals surface area contributed by atoms with Crippen LogP contribution in [0.5, 0.6) is 0 Å². The van der Waals surface area contributed by atoms with E-state index in [-0.39, 0.29) is 18.1 Å². The first-order valence-corrected chi connectivity index (χ1v) is 8.38. The molecule has 2 aliphatic rings. The molecule has 0 bridgehead atoms. The summed E-state index contributed by atoms with van der Waals surface area (Å²) in [5.41, 5.74) is 0.578. The van der Waals surface area contributed by atoms with Crippen molar-refractivity contribution in [2.75, 3.05) is 13.2 Å². The summed E-state index contributed by atoms with van der Waals surface area (Å²) in [6.45, 7) is 2.27. The van der Waals surface area contributed by atoms with E-state index in [9.17, 15) is 4.79 Å². The van der Waals surface area contributed by atoms with E-state index in [0.29, 0.717) is 11.6 Å². The molecule has 1 amide bonds. The lowest BCUT2D eigenvalue weighted by atomic mass is 10.0. The van der Waals surface area contributed by atoms with Crippen molar-refractivity contribution in [3.63, 3.8) is 0 Å². The highest BCUT2D eigenvalue weighted by Gasteiger charge is 2.44. The van der Waals surface area contributed by atoms with Crippen LogP contribution in [0, 0.1) is 0 Å². The third-order valence-corrected chi connectivity index (χ3v) is 4.85. The molecule has 128 valence electrons. The number of furan rings is 1. The normalized spacial score (nSPS) is 27.1. The third-order valence-electron chi connectivity index (χ3n) is 4.85. The van der Waals surface area contributed by atoms with Gasteiger partial charge in [-0.15, -0.1) is 0 Å². The van der Waals surface area contributed by atoms with Crippen molar-refractivity contribution in [1.82, 2.24) is 20.0 Å². The second-order valence-corrected chi connectivity index (χ2v) is 6.54. The zero-order valence-electron chi connectivity index (χ0n) is 13.7. The van der Waals surface area contributed by atoms with Crippen molar-refractivity contribution in [3.05, 3.63) is 42.1 Å². The Morgan fingerprint density at radius 3 is 3.17 bits per heavy atom. The number of ether oxygens (including phenoxy) is 1. The molecule has 2 aromatic rings. The van der Waals surface area contributed by atoms with Crippen molar-refractivity contribution >= 4 is 5.91 Å². The molecule has 2 aliphatic heterocycles. The SMILES string of the molecule is Cn1cc(C(=O)N[C@H]2CN(Cc3ccco3)[C@@H]3CCCO[C@H]23)cn1. The molecule has 2 saturated heterocycles. The smallest absolute Gasteiger partial charge is 0.254 e. The van der Waals surface area contributed by atoms with Crippen LogP contribution in [-0.4, -0.2) is 51.9 Å². The van der Waals surface area contributed by atoms with Crippen molar-refractivity contribution < 1.29 is 13.9 Å².